The van der Waals surface area contributed by atoms with Gasteiger partial charge in [0.1, 0.15) is 17.0 Å². The number of fused-ring (bicyclic) bond motifs is 1. The van der Waals surface area contributed by atoms with Gasteiger partial charge in [0, 0.05) is 31.3 Å². The van der Waals surface area contributed by atoms with Gasteiger partial charge in [0.15, 0.2) is 0 Å². The molecular weight excluding hydrogens is 489 g/mol. The molecular formula is C28H28FN5O4. The second kappa shape index (κ2) is 9.44. The van der Waals surface area contributed by atoms with Crippen LogP contribution in [-0.2, 0) is 18.3 Å². The number of pyridine rings is 1. The van der Waals surface area contributed by atoms with E-state index in [0.29, 0.717) is 30.6 Å². The zero-order valence-corrected chi connectivity index (χ0v) is 21.6. The highest BCUT2D eigenvalue weighted by Crippen LogP contribution is 2.34. The summed E-state index contributed by atoms with van der Waals surface area (Å²) < 4.78 is 18.8. The quantitative estimate of drug-likeness (QED) is 0.404. The largest absolute Gasteiger partial charge is 0.338 e. The number of rotatable bonds is 6. The molecule has 2 aromatic heterocycles. The number of halogens is 1. The molecule has 2 aromatic carbocycles. The normalized spacial score (nSPS) is 13.1. The highest BCUT2D eigenvalue weighted by atomic mass is 19.1. The third-order valence-electron chi connectivity index (χ3n) is 6.90. The van der Waals surface area contributed by atoms with E-state index < -0.39 is 22.6 Å². The first-order chi connectivity index (χ1) is 18.1. The van der Waals surface area contributed by atoms with Crippen LogP contribution in [0, 0.1) is 12.7 Å². The van der Waals surface area contributed by atoms with Crippen LogP contribution in [0.4, 0.5) is 21.6 Å². The molecule has 196 valence electrons. The van der Waals surface area contributed by atoms with E-state index in [4.69, 9.17) is 0 Å². The maximum absolute atomic E-state index is 15.0. The van der Waals surface area contributed by atoms with E-state index >= 15 is 0 Å². The van der Waals surface area contributed by atoms with Gasteiger partial charge < -0.3 is 10.6 Å². The van der Waals surface area contributed by atoms with Crippen LogP contribution in [0.15, 0.2) is 56.8 Å². The van der Waals surface area contributed by atoms with Gasteiger partial charge in [-0.1, -0.05) is 13.0 Å². The zero-order valence-electron chi connectivity index (χ0n) is 21.6. The first-order valence-electron chi connectivity index (χ1n) is 12.5. The molecule has 1 saturated carbocycles. The minimum Gasteiger partial charge on any atom is -0.338 e. The molecule has 0 unspecified atom stereocenters. The van der Waals surface area contributed by atoms with Crippen molar-refractivity contribution in [1.82, 2.24) is 13.7 Å². The molecule has 1 aliphatic rings. The molecule has 4 aromatic rings. The number of nitrogens with zero attached hydrogens (tertiary/aromatic N) is 3. The standard InChI is InChI=1S/C28H28FN5O4/c1-5-17-6-13-22(21(29)14-17)31-25-23-24(15(2)26(36)32(25)4)33(28(38)34(27(23)37)20-11-12-20)19-9-7-18(8-10-19)30-16(3)35/h6-10,13-14,20,31H,5,11-12H2,1-4H3,(H,30,35). The molecule has 0 radical (unpaired) electrons. The Labute approximate surface area is 217 Å². The van der Waals surface area contributed by atoms with Gasteiger partial charge in [0.2, 0.25) is 5.91 Å². The number of carbonyl (C=O) groups is 1. The van der Waals surface area contributed by atoms with Gasteiger partial charge in [0.05, 0.1) is 16.9 Å². The van der Waals surface area contributed by atoms with Crippen LogP contribution in [0.1, 0.15) is 43.9 Å². The van der Waals surface area contributed by atoms with Crippen LogP contribution in [-0.4, -0.2) is 19.6 Å². The third-order valence-corrected chi connectivity index (χ3v) is 6.90. The molecule has 0 saturated heterocycles. The van der Waals surface area contributed by atoms with Crippen molar-refractivity contribution in [3.05, 3.63) is 90.6 Å². The second-order valence-corrected chi connectivity index (χ2v) is 9.61. The summed E-state index contributed by atoms with van der Waals surface area (Å²) >= 11 is 0. The number of amides is 1. The number of nitrogens with one attached hydrogen (secondary N) is 2. The Hall–Kier alpha value is -4.47. The van der Waals surface area contributed by atoms with Crippen molar-refractivity contribution in [2.75, 3.05) is 10.6 Å². The van der Waals surface area contributed by atoms with Gasteiger partial charge >= 0.3 is 5.69 Å². The topological polar surface area (TPSA) is 107 Å². The summed E-state index contributed by atoms with van der Waals surface area (Å²) in [6, 6.07) is 11.1. The number of hydrogen-bond donors (Lipinski definition) is 2. The van der Waals surface area contributed by atoms with E-state index in [2.05, 4.69) is 10.6 Å². The van der Waals surface area contributed by atoms with Crippen molar-refractivity contribution in [1.29, 1.82) is 0 Å². The van der Waals surface area contributed by atoms with E-state index in [1.165, 1.54) is 33.7 Å². The van der Waals surface area contributed by atoms with Gasteiger partial charge in [-0.25, -0.2) is 9.18 Å². The summed E-state index contributed by atoms with van der Waals surface area (Å²) in [4.78, 5) is 52.4. The SMILES string of the molecule is CCc1ccc(Nc2c3c(=O)n(C4CC4)c(=O)n(-c4ccc(NC(C)=O)cc4)c3c(C)c(=O)n2C)c(F)c1. The molecule has 0 bridgehead atoms. The molecule has 1 aliphatic carbocycles. The Morgan fingerprint density at radius 3 is 2.32 bits per heavy atom. The lowest BCUT2D eigenvalue weighted by Gasteiger charge is -2.21. The van der Waals surface area contributed by atoms with Crippen LogP contribution in [0.5, 0.6) is 0 Å². The van der Waals surface area contributed by atoms with Crippen LogP contribution in [0.2, 0.25) is 0 Å². The van der Waals surface area contributed by atoms with Crippen molar-refractivity contribution < 1.29 is 9.18 Å². The number of carbonyl (C=O) groups excluding carboxylic acids is 1. The Balaban J connectivity index is 1.84. The summed E-state index contributed by atoms with van der Waals surface area (Å²) in [6.45, 7) is 4.87. The number of hydrogen-bond acceptors (Lipinski definition) is 5. The predicted molar refractivity (Wildman–Crippen MR) is 145 cm³/mol. The average molecular weight is 518 g/mol. The molecule has 9 nitrogen and oxygen atoms in total. The fraction of sp³-hybridized carbons (Fsp3) is 0.286. The fourth-order valence-corrected chi connectivity index (χ4v) is 4.76. The molecule has 5 rings (SSSR count). The molecule has 2 N–H and O–H groups in total. The lowest BCUT2D eigenvalue weighted by Crippen LogP contribution is -2.41. The van der Waals surface area contributed by atoms with Crippen molar-refractivity contribution in [2.24, 2.45) is 7.05 Å². The summed E-state index contributed by atoms with van der Waals surface area (Å²) in [5, 5.41) is 5.76. The Bertz CT molecular complexity index is 1780. The second-order valence-electron chi connectivity index (χ2n) is 9.61. The van der Waals surface area contributed by atoms with Gasteiger partial charge in [0.25, 0.3) is 11.1 Å². The molecule has 2 heterocycles. The van der Waals surface area contributed by atoms with Gasteiger partial charge in [-0.15, -0.1) is 0 Å². The van der Waals surface area contributed by atoms with E-state index in [1.807, 2.05) is 6.92 Å². The lowest BCUT2D eigenvalue weighted by atomic mass is 10.1. The highest BCUT2D eigenvalue weighted by Gasteiger charge is 2.31. The van der Waals surface area contributed by atoms with Crippen molar-refractivity contribution >= 4 is 34.0 Å². The van der Waals surface area contributed by atoms with Crippen LogP contribution in [0.25, 0.3) is 16.6 Å². The minimum atomic E-state index is -0.557. The van der Waals surface area contributed by atoms with E-state index in [0.717, 1.165) is 5.56 Å². The molecule has 10 heteroatoms. The molecule has 1 amide bonds. The number of aromatic nitrogens is 3. The number of benzene rings is 2. The number of anilines is 3. The maximum Gasteiger partial charge on any atom is 0.336 e. The molecule has 0 aliphatic heterocycles. The van der Waals surface area contributed by atoms with E-state index in [-0.39, 0.29) is 39.9 Å². The fourth-order valence-electron chi connectivity index (χ4n) is 4.76. The van der Waals surface area contributed by atoms with Crippen molar-refractivity contribution in [3.8, 4) is 5.69 Å². The Morgan fingerprint density at radius 1 is 1.05 bits per heavy atom. The van der Waals surface area contributed by atoms with Gasteiger partial charge in [-0.2, -0.15) is 0 Å². The first kappa shape index (κ1) is 25.2. The smallest absolute Gasteiger partial charge is 0.336 e. The third kappa shape index (κ3) is 4.21. The zero-order chi connectivity index (χ0) is 27.3. The van der Waals surface area contributed by atoms with Crippen LogP contribution >= 0.6 is 0 Å². The average Bonchev–Trinajstić information content (AvgIpc) is 3.72. The van der Waals surface area contributed by atoms with Crippen molar-refractivity contribution in [3.63, 3.8) is 0 Å². The van der Waals surface area contributed by atoms with Gasteiger partial charge in [-0.3, -0.25) is 28.1 Å². The summed E-state index contributed by atoms with van der Waals surface area (Å²) in [7, 11) is 1.51. The van der Waals surface area contributed by atoms with E-state index in [1.54, 1.807) is 43.3 Å². The minimum absolute atomic E-state index is 0.0989. The molecule has 38 heavy (non-hydrogen) atoms. The summed E-state index contributed by atoms with van der Waals surface area (Å²) in [5.41, 5.74) is 0.707. The Kier molecular flexibility index (Phi) is 6.26. The Morgan fingerprint density at radius 2 is 1.74 bits per heavy atom. The van der Waals surface area contributed by atoms with Gasteiger partial charge in [-0.05, 0) is 68.1 Å². The predicted octanol–water partition coefficient (Wildman–Crippen LogP) is 3.90. The monoisotopic (exact) mass is 517 g/mol. The van der Waals surface area contributed by atoms with Crippen LogP contribution < -0.4 is 27.4 Å². The highest BCUT2D eigenvalue weighted by molar-refractivity contribution is 5.94. The summed E-state index contributed by atoms with van der Waals surface area (Å²) in [6.07, 6.45) is 2.02. The molecule has 0 atom stereocenters. The summed E-state index contributed by atoms with van der Waals surface area (Å²) in [5.74, 6) is -0.659. The lowest BCUT2D eigenvalue weighted by molar-refractivity contribution is -0.114. The maximum atomic E-state index is 15.0. The van der Waals surface area contributed by atoms with E-state index in [9.17, 15) is 23.6 Å². The number of aryl methyl sites for hydroxylation is 2. The molecule has 1 fully saturated rings. The molecule has 0 spiro atoms. The van der Waals surface area contributed by atoms with Crippen molar-refractivity contribution in [2.45, 2.75) is 46.1 Å². The van der Waals surface area contributed by atoms with Crippen LogP contribution in [0.3, 0.4) is 0 Å². The first-order valence-corrected chi connectivity index (χ1v) is 12.5.